The minimum atomic E-state index is 0.767. The summed E-state index contributed by atoms with van der Waals surface area (Å²) >= 11 is 0. The third kappa shape index (κ3) is 2.43. The zero-order chi connectivity index (χ0) is 8.27. The van der Waals surface area contributed by atoms with Crippen LogP contribution in [0.3, 0.4) is 0 Å². The molecule has 3 nitrogen and oxygen atoms in total. The fourth-order valence-corrected chi connectivity index (χ4v) is 1.69. The predicted molar refractivity (Wildman–Crippen MR) is 44.5 cm³/mol. The lowest BCUT2D eigenvalue weighted by Crippen LogP contribution is -3.29. The van der Waals surface area contributed by atoms with Crippen molar-refractivity contribution in [3.05, 3.63) is 0 Å². The van der Waals surface area contributed by atoms with Crippen molar-refractivity contribution in [3.63, 3.8) is 0 Å². The van der Waals surface area contributed by atoms with Crippen LogP contribution in [0.4, 0.5) is 0 Å². The van der Waals surface area contributed by atoms with Gasteiger partial charge in [0.05, 0.1) is 7.05 Å². The fourth-order valence-electron chi connectivity index (χ4n) is 1.69. The maximum absolute atomic E-state index is 3.95. The molecule has 1 atom stereocenters. The molecule has 5 N–H and O–H groups in total. The summed E-state index contributed by atoms with van der Waals surface area (Å²) < 4.78 is 0. The van der Waals surface area contributed by atoms with Crippen LogP contribution in [0.15, 0.2) is 0 Å². The molecule has 0 unspecified atom stereocenters. The van der Waals surface area contributed by atoms with Gasteiger partial charge < -0.3 is 15.5 Å². The minimum Gasteiger partial charge on any atom is -0.353 e. The van der Waals surface area contributed by atoms with Crippen LogP contribution in [0.5, 0.6) is 0 Å². The highest BCUT2D eigenvalue weighted by Crippen LogP contribution is 1.67. The molecule has 0 aromatic rings. The van der Waals surface area contributed by atoms with Gasteiger partial charge in [-0.05, 0) is 6.92 Å². The number of nitrogens with one attached hydrogen (secondary N) is 2. The van der Waals surface area contributed by atoms with E-state index >= 15 is 0 Å². The van der Waals surface area contributed by atoms with Crippen molar-refractivity contribution >= 4 is 0 Å². The predicted octanol–water partition coefficient (Wildman–Crippen LogP) is -3.97. The van der Waals surface area contributed by atoms with Crippen molar-refractivity contribution in [3.8, 4) is 0 Å². The Labute approximate surface area is 69.1 Å². The summed E-state index contributed by atoms with van der Waals surface area (Å²) in [6.07, 6.45) is 0. The van der Waals surface area contributed by atoms with E-state index < -0.39 is 0 Å². The molecule has 0 aromatic carbocycles. The van der Waals surface area contributed by atoms with Crippen molar-refractivity contribution in [2.75, 3.05) is 39.8 Å². The molecule has 0 spiro atoms. The molecule has 0 aliphatic carbocycles. The van der Waals surface area contributed by atoms with Gasteiger partial charge in [-0.25, -0.2) is 0 Å². The van der Waals surface area contributed by atoms with Crippen LogP contribution < -0.4 is 15.5 Å². The molecular weight excluding hydrogens is 138 g/mol. The molecule has 1 heterocycles. The zero-order valence-electron chi connectivity index (χ0n) is 7.82. The Morgan fingerprint density at radius 2 is 1.82 bits per heavy atom. The average molecular weight is 160 g/mol. The Morgan fingerprint density at radius 1 is 1.27 bits per heavy atom. The highest BCUT2D eigenvalue weighted by Gasteiger charge is 2.24. The molecule has 0 amide bonds. The molecular formula is C8H22N3+3. The van der Waals surface area contributed by atoms with Crippen molar-refractivity contribution < 1.29 is 15.5 Å². The second-order valence-corrected chi connectivity index (χ2v) is 3.81. The summed E-state index contributed by atoms with van der Waals surface area (Å²) in [6, 6.07) is 0.767. The van der Waals surface area contributed by atoms with Crippen molar-refractivity contribution in [2.45, 2.75) is 13.0 Å². The zero-order valence-corrected chi connectivity index (χ0v) is 7.82. The Bertz CT molecular complexity index is 108. The van der Waals surface area contributed by atoms with Crippen molar-refractivity contribution in [2.24, 2.45) is 0 Å². The van der Waals surface area contributed by atoms with E-state index in [2.05, 4.69) is 19.7 Å². The van der Waals surface area contributed by atoms with E-state index in [1.807, 2.05) is 0 Å². The van der Waals surface area contributed by atoms with Gasteiger partial charge in [0.1, 0.15) is 38.8 Å². The minimum absolute atomic E-state index is 0.767. The second-order valence-electron chi connectivity index (χ2n) is 3.81. The van der Waals surface area contributed by atoms with E-state index in [0.29, 0.717) is 0 Å². The SMILES string of the molecule is C[C@@H](C[NH3+])[NH+]1CC[NH+](C)CC1. The van der Waals surface area contributed by atoms with E-state index in [1.54, 1.807) is 9.80 Å². The molecule has 11 heavy (non-hydrogen) atoms. The number of likely N-dealkylation sites (N-methyl/N-ethyl adjacent to an activating group) is 1. The molecule has 0 bridgehead atoms. The standard InChI is InChI=1S/C8H19N3/c1-8(7-9)11-5-3-10(2)4-6-11/h8H,3-7,9H2,1-2H3/p+3/t8-/m0/s1. The number of hydrogen-bond donors (Lipinski definition) is 3. The van der Waals surface area contributed by atoms with E-state index in [-0.39, 0.29) is 0 Å². The summed E-state index contributed by atoms with van der Waals surface area (Å²) in [5, 5.41) is 0. The molecule has 0 aromatic heterocycles. The molecule has 1 saturated heterocycles. The second kappa shape index (κ2) is 4.04. The Kier molecular flexibility index (Phi) is 3.30. The lowest BCUT2D eigenvalue weighted by molar-refractivity contribution is -1.02. The largest absolute Gasteiger partial charge is 0.353 e. The Morgan fingerprint density at radius 3 is 2.27 bits per heavy atom. The van der Waals surface area contributed by atoms with Gasteiger partial charge in [0.15, 0.2) is 0 Å². The molecule has 0 radical (unpaired) electrons. The average Bonchev–Trinajstić information content (AvgIpc) is 2.05. The van der Waals surface area contributed by atoms with Crippen LogP contribution in [-0.4, -0.2) is 45.8 Å². The Balaban J connectivity index is 2.27. The van der Waals surface area contributed by atoms with E-state index in [4.69, 9.17) is 0 Å². The van der Waals surface area contributed by atoms with Crippen molar-refractivity contribution in [1.82, 2.24) is 0 Å². The first kappa shape index (κ1) is 8.97. The highest BCUT2D eigenvalue weighted by atomic mass is 15.3. The van der Waals surface area contributed by atoms with Gasteiger partial charge in [0.25, 0.3) is 0 Å². The smallest absolute Gasteiger partial charge is 0.134 e. The third-order valence-electron chi connectivity index (χ3n) is 2.88. The molecule has 1 rings (SSSR count). The molecule has 1 aliphatic rings. The Hall–Kier alpha value is -0.120. The van der Waals surface area contributed by atoms with Gasteiger partial charge in [-0.2, -0.15) is 0 Å². The number of quaternary nitrogens is 3. The first-order valence-corrected chi connectivity index (χ1v) is 4.69. The van der Waals surface area contributed by atoms with E-state index in [1.165, 1.54) is 26.2 Å². The van der Waals surface area contributed by atoms with Gasteiger partial charge in [0, 0.05) is 0 Å². The first-order chi connectivity index (χ1) is 5.24. The lowest BCUT2D eigenvalue weighted by atomic mass is 10.2. The van der Waals surface area contributed by atoms with Gasteiger partial charge in [0.2, 0.25) is 0 Å². The fraction of sp³-hybridized carbons (Fsp3) is 1.00. The maximum atomic E-state index is 3.95. The lowest BCUT2D eigenvalue weighted by Gasteiger charge is -2.30. The highest BCUT2D eigenvalue weighted by molar-refractivity contribution is 4.44. The molecule has 1 aliphatic heterocycles. The van der Waals surface area contributed by atoms with Gasteiger partial charge >= 0.3 is 0 Å². The number of hydrogen-bond acceptors (Lipinski definition) is 0. The van der Waals surface area contributed by atoms with Crippen LogP contribution in [0.25, 0.3) is 0 Å². The topological polar surface area (TPSA) is 36.5 Å². The normalized spacial score (nSPS) is 35.2. The van der Waals surface area contributed by atoms with Crippen LogP contribution in [0, 0.1) is 0 Å². The summed E-state index contributed by atoms with van der Waals surface area (Å²) in [5.41, 5.74) is 3.95. The molecule has 66 valence electrons. The molecule has 3 heteroatoms. The van der Waals surface area contributed by atoms with Gasteiger partial charge in [-0.15, -0.1) is 0 Å². The summed E-state index contributed by atoms with van der Waals surface area (Å²) in [5.74, 6) is 0. The molecule has 0 saturated carbocycles. The monoisotopic (exact) mass is 160 g/mol. The van der Waals surface area contributed by atoms with Gasteiger partial charge in [-0.1, -0.05) is 0 Å². The summed E-state index contributed by atoms with van der Waals surface area (Å²) in [4.78, 5) is 3.44. The van der Waals surface area contributed by atoms with E-state index in [0.717, 1.165) is 12.6 Å². The maximum Gasteiger partial charge on any atom is 0.134 e. The van der Waals surface area contributed by atoms with E-state index in [9.17, 15) is 0 Å². The number of piperazine rings is 1. The quantitative estimate of drug-likeness (QED) is 0.369. The summed E-state index contributed by atoms with van der Waals surface area (Å²) in [7, 11) is 2.28. The first-order valence-electron chi connectivity index (χ1n) is 4.69. The molecule has 1 fully saturated rings. The van der Waals surface area contributed by atoms with Crippen LogP contribution in [-0.2, 0) is 0 Å². The van der Waals surface area contributed by atoms with Crippen LogP contribution >= 0.6 is 0 Å². The van der Waals surface area contributed by atoms with Crippen LogP contribution in [0.1, 0.15) is 6.92 Å². The third-order valence-corrected chi connectivity index (χ3v) is 2.88. The van der Waals surface area contributed by atoms with Crippen molar-refractivity contribution in [1.29, 1.82) is 0 Å². The van der Waals surface area contributed by atoms with Crippen LogP contribution in [0.2, 0.25) is 0 Å². The number of rotatable bonds is 2. The summed E-state index contributed by atoms with van der Waals surface area (Å²) in [6.45, 7) is 8.72. The van der Waals surface area contributed by atoms with Gasteiger partial charge in [-0.3, -0.25) is 0 Å².